The van der Waals surface area contributed by atoms with E-state index < -0.39 is 0 Å². The molecule has 0 aliphatic heterocycles. The Morgan fingerprint density at radius 2 is 1.67 bits per heavy atom. The predicted molar refractivity (Wildman–Crippen MR) is 82.2 cm³/mol. The summed E-state index contributed by atoms with van der Waals surface area (Å²) in [7, 11) is 0. The lowest BCUT2D eigenvalue weighted by molar-refractivity contribution is -0.134. The largest absolute Gasteiger partial charge is 0.426 e. The number of hydrogen-bond donors (Lipinski definition) is 0. The van der Waals surface area contributed by atoms with Crippen molar-refractivity contribution in [1.29, 1.82) is 0 Å². The number of para-hydroxylation sites is 1. The van der Waals surface area contributed by atoms with Crippen molar-refractivity contribution in [3.8, 4) is 5.75 Å². The van der Waals surface area contributed by atoms with E-state index in [2.05, 4.69) is 0 Å². The highest BCUT2D eigenvalue weighted by Gasteiger charge is 2.06. The SMILES string of the molecule is CCC(=O)Oc1ccccc1/C=C/C(=O)c1ccccc1. The molecule has 3 nitrogen and oxygen atoms in total. The molecule has 0 unspecified atom stereocenters. The summed E-state index contributed by atoms with van der Waals surface area (Å²) in [4.78, 5) is 23.4. The van der Waals surface area contributed by atoms with Crippen molar-refractivity contribution in [3.63, 3.8) is 0 Å². The molecule has 0 aromatic heterocycles. The molecule has 0 spiro atoms. The zero-order chi connectivity index (χ0) is 15.1. The van der Waals surface area contributed by atoms with Crippen LogP contribution in [0.3, 0.4) is 0 Å². The smallest absolute Gasteiger partial charge is 0.310 e. The minimum Gasteiger partial charge on any atom is -0.426 e. The quantitative estimate of drug-likeness (QED) is 0.361. The molecule has 0 saturated heterocycles. The van der Waals surface area contributed by atoms with E-state index in [9.17, 15) is 9.59 Å². The number of carbonyl (C=O) groups excluding carboxylic acids is 2. The van der Waals surface area contributed by atoms with E-state index in [1.54, 1.807) is 43.3 Å². The van der Waals surface area contributed by atoms with Crippen LogP contribution in [0.1, 0.15) is 29.3 Å². The van der Waals surface area contributed by atoms with E-state index in [0.717, 1.165) is 0 Å². The Labute approximate surface area is 123 Å². The van der Waals surface area contributed by atoms with Gasteiger partial charge < -0.3 is 4.74 Å². The van der Waals surface area contributed by atoms with Crippen LogP contribution in [0.5, 0.6) is 5.75 Å². The number of hydrogen-bond acceptors (Lipinski definition) is 3. The van der Waals surface area contributed by atoms with Gasteiger partial charge in [0.2, 0.25) is 0 Å². The van der Waals surface area contributed by atoms with Gasteiger partial charge in [-0.05, 0) is 18.2 Å². The molecule has 0 radical (unpaired) electrons. The van der Waals surface area contributed by atoms with Crippen molar-refractivity contribution in [2.24, 2.45) is 0 Å². The van der Waals surface area contributed by atoms with Crippen LogP contribution in [0, 0.1) is 0 Å². The average molecular weight is 280 g/mol. The summed E-state index contributed by atoms with van der Waals surface area (Å²) in [6, 6.07) is 16.1. The molecule has 2 aromatic carbocycles. The number of rotatable bonds is 5. The second-order valence-corrected chi connectivity index (χ2v) is 4.43. The Morgan fingerprint density at radius 3 is 2.38 bits per heavy atom. The van der Waals surface area contributed by atoms with E-state index in [1.165, 1.54) is 6.08 Å². The van der Waals surface area contributed by atoms with Gasteiger partial charge in [-0.15, -0.1) is 0 Å². The van der Waals surface area contributed by atoms with Gasteiger partial charge >= 0.3 is 5.97 Å². The Bertz CT molecular complexity index is 657. The third kappa shape index (κ3) is 4.14. The van der Waals surface area contributed by atoms with Gasteiger partial charge in [0.1, 0.15) is 5.75 Å². The first kappa shape index (κ1) is 14.7. The van der Waals surface area contributed by atoms with Crippen LogP contribution in [0.25, 0.3) is 6.08 Å². The van der Waals surface area contributed by atoms with Gasteiger partial charge in [0.25, 0.3) is 0 Å². The van der Waals surface area contributed by atoms with Gasteiger partial charge in [-0.25, -0.2) is 0 Å². The molecule has 0 aliphatic rings. The lowest BCUT2D eigenvalue weighted by atomic mass is 10.1. The lowest BCUT2D eigenvalue weighted by Gasteiger charge is -2.05. The Kier molecular flexibility index (Phi) is 5.04. The van der Waals surface area contributed by atoms with Gasteiger partial charge in [-0.3, -0.25) is 9.59 Å². The Morgan fingerprint density at radius 1 is 1.00 bits per heavy atom. The molecular formula is C18H16O3. The van der Waals surface area contributed by atoms with Crippen LogP contribution in [0.15, 0.2) is 60.7 Å². The average Bonchev–Trinajstić information content (AvgIpc) is 2.54. The second-order valence-electron chi connectivity index (χ2n) is 4.43. The molecule has 0 atom stereocenters. The van der Waals surface area contributed by atoms with Crippen molar-refractivity contribution >= 4 is 17.8 Å². The summed E-state index contributed by atoms with van der Waals surface area (Å²) in [6.45, 7) is 1.74. The van der Waals surface area contributed by atoms with Gasteiger partial charge in [0.15, 0.2) is 5.78 Å². The highest BCUT2D eigenvalue weighted by atomic mass is 16.5. The molecule has 0 aliphatic carbocycles. The molecular weight excluding hydrogens is 264 g/mol. The molecule has 21 heavy (non-hydrogen) atoms. The number of ether oxygens (including phenoxy) is 1. The van der Waals surface area contributed by atoms with Gasteiger partial charge in [0.05, 0.1) is 0 Å². The maximum atomic E-state index is 12.0. The van der Waals surface area contributed by atoms with Crippen molar-refractivity contribution in [2.75, 3.05) is 0 Å². The Hall–Kier alpha value is -2.68. The number of benzene rings is 2. The molecule has 0 fully saturated rings. The van der Waals surface area contributed by atoms with E-state index in [-0.39, 0.29) is 11.8 Å². The summed E-state index contributed by atoms with van der Waals surface area (Å²) in [6.07, 6.45) is 3.45. The van der Waals surface area contributed by atoms with Gasteiger partial charge in [-0.1, -0.05) is 55.5 Å². The summed E-state index contributed by atoms with van der Waals surface area (Å²) in [5.41, 5.74) is 1.32. The van der Waals surface area contributed by atoms with Crippen molar-refractivity contribution in [2.45, 2.75) is 13.3 Å². The van der Waals surface area contributed by atoms with E-state index in [1.807, 2.05) is 24.3 Å². The maximum Gasteiger partial charge on any atom is 0.310 e. The maximum absolute atomic E-state index is 12.0. The van der Waals surface area contributed by atoms with E-state index in [4.69, 9.17) is 4.74 Å². The minimum absolute atomic E-state index is 0.0905. The predicted octanol–water partition coefficient (Wildman–Crippen LogP) is 3.90. The fourth-order valence-electron chi connectivity index (χ4n) is 1.77. The summed E-state index contributed by atoms with van der Waals surface area (Å²) < 4.78 is 5.23. The minimum atomic E-state index is -0.301. The topological polar surface area (TPSA) is 43.4 Å². The number of allylic oxidation sites excluding steroid dienone is 1. The third-order valence-corrected chi connectivity index (χ3v) is 2.90. The van der Waals surface area contributed by atoms with Crippen LogP contribution in [0.4, 0.5) is 0 Å². The van der Waals surface area contributed by atoms with E-state index in [0.29, 0.717) is 23.3 Å². The highest BCUT2D eigenvalue weighted by molar-refractivity contribution is 6.06. The molecule has 3 heteroatoms. The molecule has 0 N–H and O–H groups in total. The van der Waals surface area contributed by atoms with Gasteiger partial charge in [0, 0.05) is 17.5 Å². The van der Waals surface area contributed by atoms with Crippen LogP contribution < -0.4 is 4.74 Å². The number of carbonyl (C=O) groups is 2. The molecule has 0 bridgehead atoms. The lowest BCUT2D eigenvalue weighted by Crippen LogP contribution is -2.06. The monoisotopic (exact) mass is 280 g/mol. The fraction of sp³-hybridized carbons (Fsp3) is 0.111. The standard InChI is InChI=1S/C18H16O3/c1-2-18(20)21-17-11-7-6-10-15(17)12-13-16(19)14-8-4-3-5-9-14/h3-13H,2H2,1H3/b13-12+. The number of ketones is 1. The first-order valence-electron chi connectivity index (χ1n) is 6.78. The fourth-order valence-corrected chi connectivity index (χ4v) is 1.77. The van der Waals surface area contributed by atoms with Crippen molar-refractivity contribution in [1.82, 2.24) is 0 Å². The van der Waals surface area contributed by atoms with Gasteiger partial charge in [-0.2, -0.15) is 0 Å². The molecule has 0 amide bonds. The zero-order valence-corrected chi connectivity index (χ0v) is 11.8. The first-order chi connectivity index (χ1) is 10.2. The van der Waals surface area contributed by atoms with Crippen LogP contribution in [0.2, 0.25) is 0 Å². The molecule has 2 aromatic rings. The highest BCUT2D eigenvalue weighted by Crippen LogP contribution is 2.20. The zero-order valence-electron chi connectivity index (χ0n) is 11.8. The summed E-state index contributed by atoms with van der Waals surface area (Å²) in [5, 5.41) is 0. The van der Waals surface area contributed by atoms with Crippen LogP contribution in [-0.4, -0.2) is 11.8 Å². The Balaban J connectivity index is 2.17. The molecule has 2 rings (SSSR count). The van der Waals surface area contributed by atoms with Crippen LogP contribution >= 0.6 is 0 Å². The summed E-state index contributed by atoms with van der Waals surface area (Å²) in [5.74, 6) is 0.0684. The normalized spacial score (nSPS) is 10.5. The van der Waals surface area contributed by atoms with Crippen LogP contribution in [-0.2, 0) is 4.79 Å². The van der Waals surface area contributed by atoms with E-state index >= 15 is 0 Å². The third-order valence-electron chi connectivity index (χ3n) is 2.90. The molecule has 106 valence electrons. The van der Waals surface area contributed by atoms with Crippen molar-refractivity contribution < 1.29 is 14.3 Å². The summed E-state index contributed by atoms with van der Waals surface area (Å²) >= 11 is 0. The molecule has 0 heterocycles. The van der Waals surface area contributed by atoms with Crippen molar-refractivity contribution in [3.05, 3.63) is 71.8 Å². The number of esters is 1. The molecule has 0 saturated carbocycles. The second kappa shape index (κ2) is 7.20. The first-order valence-corrected chi connectivity index (χ1v) is 6.78.